The lowest BCUT2D eigenvalue weighted by atomic mass is 10.2. The van der Waals surface area contributed by atoms with Crippen LogP contribution in [0.15, 0.2) is 30.6 Å². The molecule has 8 heteroatoms. The molecular formula is C12H7N3O4S. The van der Waals surface area contributed by atoms with Crippen LogP contribution in [0.4, 0.5) is 5.69 Å². The number of aromatic nitrogens is 2. The molecule has 0 aliphatic heterocycles. The fourth-order valence-electron chi connectivity index (χ4n) is 1.82. The number of aromatic hydroxyl groups is 2. The smallest absolute Gasteiger partial charge is 0.341 e. The van der Waals surface area contributed by atoms with Gasteiger partial charge in [-0.25, -0.2) is 4.98 Å². The lowest BCUT2D eigenvalue weighted by Gasteiger charge is -1.98. The summed E-state index contributed by atoms with van der Waals surface area (Å²) in [4.78, 5) is 18.3. The Morgan fingerprint density at radius 3 is 2.60 bits per heavy atom. The van der Waals surface area contributed by atoms with Gasteiger partial charge in [-0.1, -0.05) is 0 Å². The van der Waals surface area contributed by atoms with Crippen molar-refractivity contribution in [2.75, 3.05) is 0 Å². The lowest BCUT2D eigenvalue weighted by Crippen LogP contribution is -1.90. The van der Waals surface area contributed by atoms with Crippen LogP contribution in [-0.4, -0.2) is 25.1 Å². The Hall–Kier alpha value is -2.74. The first kappa shape index (κ1) is 12.3. The number of thiazole rings is 1. The standard InChI is InChI=1S/C12H7N3O4S/c16-7-5-8-9(10(11(7)17)15(18)19)14-12(20-8)6-1-3-13-4-2-6/h1-5,16-17H. The number of nitro benzene ring substituents is 1. The third-order valence-electron chi connectivity index (χ3n) is 2.72. The number of pyridine rings is 1. The van der Waals surface area contributed by atoms with E-state index in [2.05, 4.69) is 9.97 Å². The maximum Gasteiger partial charge on any atom is 0.341 e. The zero-order valence-electron chi connectivity index (χ0n) is 9.85. The van der Waals surface area contributed by atoms with Gasteiger partial charge in [-0.15, -0.1) is 11.3 Å². The molecule has 3 aromatic rings. The van der Waals surface area contributed by atoms with Gasteiger partial charge in [-0.3, -0.25) is 15.1 Å². The summed E-state index contributed by atoms with van der Waals surface area (Å²) in [5.41, 5.74) is 0.230. The first-order chi connectivity index (χ1) is 9.58. The number of phenols is 2. The van der Waals surface area contributed by atoms with Gasteiger partial charge in [0, 0.05) is 24.0 Å². The quantitative estimate of drug-likeness (QED) is 0.426. The second-order valence-electron chi connectivity index (χ2n) is 3.95. The summed E-state index contributed by atoms with van der Waals surface area (Å²) in [5, 5.41) is 30.7. The highest BCUT2D eigenvalue weighted by molar-refractivity contribution is 7.21. The number of hydrogen-bond acceptors (Lipinski definition) is 7. The summed E-state index contributed by atoms with van der Waals surface area (Å²) >= 11 is 1.19. The van der Waals surface area contributed by atoms with E-state index < -0.39 is 22.1 Å². The molecule has 100 valence electrons. The fourth-order valence-corrected chi connectivity index (χ4v) is 2.83. The molecule has 0 fully saturated rings. The van der Waals surface area contributed by atoms with Gasteiger partial charge in [0.15, 0.2) is 11.3 Å². The molecule has 0 unspecified atom stereocenters. The monoisotopic (exact) mass is 289 g/mol. The molecule has 0 radical (unpaired) electrons. The van der Waals surface area contributed by atoms with Crippen LogP contribution < -0.4 is 0 Å². The van der Waals surface area contributed by atoms with Crippen molar-refractivity contribution in [1.82, 2.24) is 9.97 Å². The molecule has 0 saturated heterocycles. The molecule has 0 aliphatic carbocycles. The minimum Gasteiger partial charge on any atom is -0.504 e. The van der Waals surface area contributed by atoms with E-state index in [1.54, 1.807) is 24.5 Å². The Kier molecular flexibility index (Phi) is 2.72. The summed E-state index contributed by atoms with van der Waals surface area (Å²) in [6, 6.07) is 4.71. The maximum absolute atomic E-state index is 11.0. The second-order valence-corrected chi connectivity index (χ2v) is 4.98. The molecule has 20 heavy (non-hydrogen) atoms. The van der Waals surface area contributed by atoms with Crippen molar-refractivity contribution < 1.29 is 15.1 Å². The molecule has 2 heterocycles. The highest BCUT2D eigenvalue weighted by atomic mass is 32.1. The number of benzene rings is 1. The molecule has 0 bridgehead atoms. The van der Waals surface area contributed by atoms with Crippen molar-refractivity contribution in [3.05, 3.63) is 40.7 Å². The summed E-state index contributed by atoms with van der Waals surface area (Å²) in [6.07, 6.45) is 3.18. The molecule has 3 rings (SSSR count). The third-order valence-corrected chi connectivity index (χ3v) is 3.77. The normalized spacial score (nSPS) is 10.8. The van der Waals surface area contributed by atoms with Gasteiger partial charge in [0.2, 0.25) is 5.75 Å². The van der Waals surface area contributed by atoms with Gasteiger partial charge in [-0.2, -0.15) is 0 Å². The fraction of sp³-hybridized carbons (Fsp3) is 0. The largest absolute Gasteiger partial charge is 0.504 e. The average molecular weight is 289 g/mol. The van der Waals surface area contributed by atoms with E-state index in [1.165, 1.54) is 17.4 Å². The van der Waals surface area contributed by atoms with Crippen LogP contribution in [0.5, 0.6) is 11.5 Å². The van der Waals surface area contributed by atoms with Crippen LogP contribution in [-0.2, 0) is 0 Å². The van der Waals surface area contributed by atoms with Gasteiger partial charge < -0.3 is 10.2 Å². The highest BCUT2D eigenvalue weighted by Crippen LogP contribution is 2.44. The van der Waals surface area contributed by atoms with E-state index in [0.717, 1.165) is 5.56 Å². The summed E-state index contributed by atoms with van der Waals surface area (Å²) in [6.45, 7) is 0. The zero-order valence-corrected chi connectivity index (χ0v) is 10.7. The average Bonchev–Trinajstić information content (AvgIpc) is 2.83. The van der Waals surface area contributed by atoms with E-state index in [4.69, 9.17) is 0 Å². The van der Waals surface area contributed by atoms with E-state index in [9.17, 15) is 20.3 Å². The van der Waals surface area contributed by atoms with E-state index >= 15 is 0 Å². The number of nitrogens with zero attached hydrogens (tertiary/aromatic N) is 3. The van der Waals surface area contributed by atoms with Crippen molar-refractivity contribution in [3.8, 4) is 22.1 Å². The van der Waals surface area contributed by atoms with Crippen LogP contribution in [0.3, 0.4) is 0 Å². The Bertz CT molecular complexity index is 816. The second kappa shape index (κ2) is 4.42. The Labute approximate surface area is 115 Å². The van der Waals surface area contributed by atoms with E-state index in [-0.39, 0.29) is 5.52 Å². The van der Waals surface area contributed by atoms with Crippen LogP contribution in [0.1, 0.15) is 0 Å². The van der Waals surface area contributed by atoms with Gasteiger partial charge in [0.1, 0.15) is 5.01 Å². The number of nitro groups is 1. The Balaban J connectivity index is 2.31. The third kappa shape index (κ3) is 1.82. The van der Waals surface area contributed by atoms with Crippen molar-refractivity contribution in [1.29, 1.82) is 0 Å². The number of hydrogen-bond donors (Lipinski definition) is 2. The van der Waals surface area contributed by atoms with E-state index in [0.29, 0.717) is 9.71 Å². The number of fused-ring (bicyclic) bond motifs is 1. The Morgan fingerprint density at radius 2 is 1.95 bits per heavy atom. The van der Waals surface area contributed by atoms with Crippen LogP contribution >= 0.6 is 11.3 Å². The predicted molar refractivity (Wildman–Crippen MR) is 72.8 cm³/mol. The zero-order chi connectivity index (χ0) is 14.3. The predicted octanol–water partition coefficient (Wildman–Crippen LogP) is 2.68. The van der Waals surface area contributed by atoms with Crippen LogP contribution in [0, 0.1) is 10.1 Å². The summed E-state index contributed by atoms with van der Waals surface area (Å²) in [5.74, 6) is -1.30. The molecular weight excluding hydrogens is 282 g/mol. The lowest BCUT2D eigenvalue weighted by molar-refractivity contribution is -0.384. The first-order valence-corrected chi connectivity index (χ1v) is 6.30. The van der Waals surface area contributed by atoms with Gasteiger partial charge in [0.25, 0.3) is 0 Å². The van der Waals surface area contributed by atoms with Crippen LogP contribution in [0.25, 0.3) is 20.8 Å². The molecule has 0 amide bonds. The molecule has 0 aliphatic rings. The molecule has 2 aromatic heterocycles. The van der Waals surface area contributed by atoms with Crippen molar-refractivity contribution in [2.24, 2.45) is 0 Å². The van der Waals surface area contributed by atoms with E-state index in [1.807, 2.05) is 0 Å². The topological polar surface area (TPSA) is 109 Å². The minimum absolute atomic E-state index is 0.0575. The van der Waals surface area contributed by atoms with Gasteiger partial charge >= 0.3 is 5.69 Å². The van der Waals surface area contributed by atoms with Crippen molar-refractivity contribution in [3.63, 3.8) is 0 Å². The molecule has 1 aromatic carbocycles. The van der Waals surface area contributed by atoms with Crippen molar-refractivity contribution >= 4 is 27.2 Å². The maximum atomic E-state index is 11.0. The molecule has 0 saturated carbocycles. The molecule has 0 atom stereocenters. The minimum atomic E-state index is -0.769. The van der Waals surface area contributed by atoms with Gasteiger partial charge in [-0.05, 0) is 12.1 Å². The first-order valence-electron chi connectivity index (χ1n) is 5.48. The summed E-state index contributed by atoms with van der Waals surface area (Å²) in [7, 11) is 0. The summed E-state index contributed by atoms with van der Waals surface area (Å²) < 4.78 is 0.429. The van der Waals surface area contributed by atoms with Gasteiger partial charge in [0.05, 0.1) is 9.62 Å². The van der Waals surface area contributed by atoms with Crippen LogP contribution in [0.2, 0.25) is 0 Å². The highest BCUT2D eigenvalue weighted by Gasteiger charge is 2.25. The number of rotatable bonds is 2. The Morgan fingerprint density at radius 1 is 1.25 bits per heavy atom. The van der Waals surface area contributed by atoms with Crippen molar-refractivity contribution in [2.45, 2.75) is 0 Å². The molecule has 7 nitrogen and oxygen atoms in total. The molecule has 0 spiro atoms. The number of phenolic OH excluding ortho intramolecular Hbond substituents is 2. The molecule has 2 N–H and O–H groups in total. The SMILES string of the molecule is O=[N+]([O-])c1c(O)c(O)cc2sc(-c3ccncc3)nc12.